The van der Waals surface area contributed by atoms with Gasteiger partial charge in [-0.3, -0.25) is 0 Å². The van der Waals surface area contributed by atoms with Crippen molar-refractivity contribution < 1.29 is 4.74 Å². The Kier molecular flexibility index (Phi) is 6.38. The van der Waals surface area contributed by atoms with Crippen molar-refractivity contribution in [2.45, 2.75) is 19.5 Å². The summed E-state index contributed by atoms with van der Waals surface area (Å²) in [4.78, 5) is 0. The number of hydrogen-bond donors (Lipinski definition) is 1. The Balaban J connectivity index is 1.90. The van der Waals surface area contributed by atoms with E-state index in [1.807, 2.05) is 12.1 Å². The van der Waals surface area contributed by atoms with E-state index in [0.717, 1.165) is 24.4 Å². The number of ether oxygens (including phenoxy) is 1. The number of hydrogen-bond acceptors (Lipinski definition) is 5. The number of halogens is 2. The van der Waals surface area contributed by atoms with Gasteiger partial charge >= 0.3 is 0 Å². The molecule has 21 heavy (non-hydrogen) atoms. The predicted octanol–water partition coefficient (Wildman–Crippen LogP) is 1.96. The highest BCUT2D eigenvalue weighted by Crippen LogP contribution is 2.21. The van der Waals surface area contributed by atoms with Gasteiger partial charge in [0, 0.05) is 30.2 Å². The van der Waals surface area contributed by atoms with Crippen LogP contribution >= 0.6 is 23.2 Å². The van der Waals surface area contributed by atoms with E-state index in [-0.39, 0.29) is 0 Å². The average molecular weight is 330 g/mol. The van der Waals surface area contributed by atoms with Crippen LogP contribution in [0.4, 0.5) is 0 Å². The van der Waals surface area contributed by atoms with Crippen molar-refractivity contribution in [2.75, 3.05) is 20.3 Å². The summed E-state index contributed by atoms with van der Waals surface area (Å²) in [5, 5.41) is 16.2. The summed E-state index contributed by atoms with van der Waals surface area (Å²) in [7, 11) is 1.67. The van der Waals surface area contributed by atoms with Gasteiger partial charge in [-0.05, 0) is 34.5 Å². The zero-order valence-corrected chi connectivity index (χ0v) is 13.2. The number of aromatic nitrogens is 4. The second-order valence-electron chi connectivity index (χ2n) is 4.47. The molecule has 0 saturated carbocycles. The highest BCUT2D eigenvalue weighted by atomic mass is 35.5. The largest absolute Gasteiger partial charge is 0.383 e. The minimum Gasteiger partial charge on any atom is -0.383 e. The molecule has 114 valence electrons. The van der Waals surface area contributed by atoms with Crippen molar-refractivity contribution in [1.82, 2.24) is 25.5 Å². The Morgan fingerprint density at radius 3 is 2.95 bits per heavy atom. The zero-order valence-electron chi connectivity index (χ0n) is 11.7. The van der Waals surface area contributed by atoms with E-state index in [0.29, 0.717) is 29.7 Å². The van der Waals surface area contributed by atoms with Gasteiger partial charge in [-0.2, -0.15) is 0 Å². The minimum atomic E-state index is 0.602. The fourth-order valence-corrected chi connectivity index (χ4v) is 2.35. The Bertz CT molecular complexity index is 575. The van der Waals surface area contributed by atoms with E-state index in [2.05, 4.69) is 20.8 Å². The van der Waals surface area contributed by atoms with Gasteiger partial charge in [0.25, 0.3) is 0 Å². The molecule has 2 rings (SSSR count). The Morgan fingerprint density at radius 1 is 1.33 bits per heavy atom. The third kappa shape index (κ3) is 4.93. The van der Waals surface area contributed by atoms with Gasteiger partial charge in [0.05, 0.1) is 13.2 Å². The molecule has 1 N–H and O–H groups in total. The number of nitrogens with zero attached hydrogens (tertiary/aromatic N) is 4. The maximum atomic E-state index is 6.16. The number of methoxy groups -OCH3 is 1. The van der Waals surface area contributed by atoms with Gasteiger partial charge in [0.15, 0.2) is 5.82 Å². The van der Waals surface area contributed by atoms with Gasteiger partial charge in [-0.25, -0.2) is 4.68 Å². The molecule has 0 amide bonds. The topological polar surface area (TPSA) is 64.9 Å². The van der Waals surface area contributed by atoms with Crippen LogP contribution in [0.1, 0.15) is 11.4 Å². The quantitative estimate of drug-likeness (QED) is 0.750. The van der Waals surface area contributed by atoms with E-state index in [1.165, 1.54) is 0 Å². The van der Waals surface area contributed by atoms with E-state index in [1.54, 1.807) is 17.9 Å². The third-order valence-electron chi connectivity index (χ3n) is 2.98. The second-order valence-corrected chi connectivity index (χ2v) is 5.32. The molecule has 1 heterocycles. The second kappa shape index (κ2) is 8.29. The fourth-order valence-electron chi connectivity index (χ4n) is 1.85. The van der Waals surface area contributed by atoms with Crippen molar-refractivity contribution >= 4 is 23.2 Å². The molecule has 0 bridgehead atoms. The first-order valence-electron chi connectivity index (χ1n) is 6.59. The molecule has 2 aromatic rings. The van der Waals surface area contributed by atoms with E-state index < -0.39 is 0 Å². The van der Waals surface area contributed by atoms with Crippen molar-refractivity contribution in [1.29, 1.82) is 0 Å². The molecule has 0 aliphatic carbocycles. The molecular formula is C13H17Cl2N5O. The van der Waals surface area contributed by atoms with Crippen LogP contribution in [0.3, 0.4) is 0 Å². The molecule has 0 aliphatic heterocycles. The van der Waals surface area contributed by atoms with E-state index in [9.17, 15) is 0 Å². The summed E-state index contributed by atoms with van der Waals surface area (Å²) in [5.41, 5.74) is 1.02. The first-order chi connectivity index (χ1) is 10.2. The lowest BCUT2D eigenvalue weighted by atomic mass is 10.1. The van der Waals surface area contributed by atoms with Gasteiger partial charge < -0.3 is 10.1 Å². The lowest BCUT2D eigenvalue weighted by Crippen LogP contribution is -2.21. The number of rotatable bonds is 8. The summed E-state index contributed by atoms with van der Waals surface area (Å²) in [5.74, 6) is 0.788. The molecule has 0 unspecified atom stereocenters. The van der Waals surface area contributed by atoms with Gasteiger partial charge in [-0.15, -0.1) is 5.10 Å². The Morgan fingerprint density at radius 2 is 2.19 bits per heavy atom. The van der Waals surface area contributed by atoms with Crippen LogP contribution < -0.4 is 5.32 Å². The summed E-state index contributed by atoms with van der Waals surface area (Å²) in [6.45, 7) is 2.68. The highest BCUT2D eigenvalue weighted by Gasteiger charge is 2.07. The van der Waals surface area contributed by atoms with Crippen LogP contribution in [0.25, 0.3) is 0 Å². The van der Waals surface area contributed by atoms with Crippen LogP contribution in [0.15, 0.2) is 18.2 Å². The molecule has 0 saturated heterocycles. The molecule has 1 aromatic heterocycles. The maximum Gasteiger partial charge on any atom is 0.165 e. The van der Waals surface area contributed by atoms with Crippen LogP contribution in [0.5, 0.6) is 0 Å². The zero-order chi connectivity index (χ0) is 15.1. The molecular weight excluding hydrogens is 313 g/mol. The van der Waals surface area contributed by atoms with Gasteiger partial charge in [-0.1, -0.05) is 29.3 Å². The van der Waals surface area contributed by atoms with E-state index >= 15 is 0 Å². The first kappa shape index (κ1) is 16.2. The highest BCUT2D eigenvalue weighted by molar-refractivity contribution is 6.35. The summed E-state index contributed by atoms with van der Waals surface area (Å²) >= 11 is 12.0. The lowest BCUT2D eigenvalue weighted by Gasteiger charge is -2.07. The molecule has 0 fully saturated rings. The summed E-state index contributed by atoms with van der Waals surface area (Å²) < 4.78 is 6.74. The fraction of sp³-hybridized carbons (Fsp3) is 0.462. The van der Waals surface area contributed by atoms with Crippen molar-refractivity contribution in [2.24, 2.45) is 0 Å². The SMILES string of the molecule is COCCNCc1nnnn1CCc1ccc(Cl)cc1Cl. The van der Waals surface area contributed by atoms with Gasteiger partial charge in [0.1, 0.15) is 0 Å². The molecule has 1 aromatic carbocycles. The number of nitrogens with one attached hydrogen (secondary N) is 1. The average Bonchev–Trinajstić information content (AvgIpc) is 2.90. The van der Waals surface area contributed by atoms with Crippen LogP contribution in [0, 0.1) is 0 Å². The third-order valence-corrected chi connectivity index (χ3v) is 3.57. The lowest BCUT2D eigenvalue weighted by molar-refractivity contribution is 0.198. The first-order valence-corrected chi connectivity index (χ1v) is 7.35. The van der Waals surface area contributed by atoms with Crippen LogP contribution in [-0.4, -0.2) is 40.5 Å². The summed E-state index contributed by atoms with van der Waals surface area (Å²) in [6, 6.07) is 5.49. The van der Waals surface area contributed by atoms with E-state index in [4.69, 9.17) is 27.9 Å². The summed E-state index contributed by atoms with van der Waals surface area (Å²) in [6.07, 6.45) is 0.742. The standard InChI is InChI=1S/C13H17Cl2N5O/c1-21-7-5-16-9-13-17-18-19-20(13)6-4-10-2-3-11(14)8-12(10)15/h2-3,8,16H,4-7,9H2,1H3. The molecule has 0 spiro atoms. The van der Waals surface area contributed by atoms with Gasteiger partial charge in [0.2, 0.25) is 0 Å². The predicted molar refractivity (Wildman–Crippen MR) is 81.6 cm³/mol. The normalized spacial score (nSPS) is 11.0. The Hall–Kier alpha value is -1.21. The number of tetrazole rings is 1. The van der Waals surface area contributed by atoms with Crippen LogP contribution in [0.2, 0.25) is 10.0 Å². The smallest absolute Gasteiger partial charge is 0.165 e. The number of benzene rings is 1. The van der Waals surface area contributed by atoms with Crippen LogP contribution in [-0.2, 0) is 24.2 Å². The van der Waals surface area contributed by atoms with Crippen molar-refractivity contribution in [3.05, 3.63) is 39.6 Å². The number of aryl methyl sites for hydroxylation is 2. The molecule has 0 atom stereocenters. The van der Waals surface area contributed by atoms with Crippen molar-refractivity contribution in [3.8, 4) is 0 Å². The Labute approximate surface area is 133 Å². The van der Waals surface area contributed by atoms with Crippen molar-refractivity contribution in [3.63, 3.8) is 0 Å². The molecule has 6 nitrogen and oxygen atoms in total. The minimum absolute atomic E-state index is 0.602. The monoisotopic (exact) mass is 329 g/mol. The molecule has 0 radical (unpaired) electrons. The molecule has 8 heteroatoms. The maximum absolute atomic E-state index is 6.16. The molecule has 0 aliphatic rings.